The van der Waals surface area contributed by atoms with Crippen LogP contribution in [0.25, 0.3) is 0 Å². The maximum absolute atomic E-state index is 8.56. The zero-order valence-corrected chi connectivity index (χ0v) is 7.14. The van der Waals surface area contributed by atoms with Crippen molar-refractivity contribution in [3.8, 4) is 0 Å². The average Bonchev–Trinajstić information content (AvgIpc) is 1.25. The van der Waals surface area contributed by atoms with E-state index in [0.717, 1.165) is 0 Å². The molecule has 0 aliphatic heterocycles. The third kappa shape index (κ3) is 5200. The molecule has 0 heterocycles. The molecule has 0 aliphatic carbocycles. The standard InChI is InChI=1S/H3N.6O.2V/h1H3;;;;;;;;/q;;;;;2*-1;;/p+2. The second-order valence-electron chi connectivity index (χ2n) is 0.447. The van der Waals surface area contributed by atoms with E-state index in [9.17, 15) is 0 Å². The van der Waals surface area contributed by atoms with E-state index in [4.69, 9.17) is 22.8 Å². The second kappa shape index (κ2) is 11.1. The van der Waals surface area contributed by atoms with Gasteiger partial charge in [-0.15, -0.1) is 0 Å². The van der Waals surface area contributed by atoms with E-state index >= 15 is 0 Å². The van der Waals surface area contributed by atoms with Crippen molar-refractivity contribution in [1.82, 2.24) is 6.15 Å². The summed E-state index contributed by atoms with van der Waals surface area (Å²) < 4.78 is 51.4. The van der Waals surface area contributed by atoms with Gasteiger partial charge in [-0.25, -0.2) is 0 Å². The van der Waals surface area contributed by atoms with Gasteiger partial charge in [0.05, 0.1) is 0 Å². The molecule has 9 heavy (non-hydrogen) atoms. The number of hydrogen-bond acceptors (Lipinski definition) is 6. The van der Waals surface area contributed by atoms with E-state index in [1.807, 2.05) is 0 Å². The quantitative estimate of drug-likeness (QED) is 0.478. The van der Waals surface area contributed by atoms with Gasteiger partial charge in [-0.2, -0.15) is 0 Å². The Morgan fingerprint density at radius 2 is 0.889 bits per heavy atom. The van der Waals surface area contributed by atoms with Crippen molar-refractivity contribution in [2.45, 2.75) is 0 Å². The molecular formula is H5NO6V2. The third-order valence-electron chi connectivity index (χ3n) is 0. The second-order valence-corrected chi connectivity index (χ2v) is 1.84. The molecule has 0 aromatic carbocycles. The van der Waals surface area contributed by atoms with Crippen LogP contribution in [0.3, 0.4) is 0 Å². The normalized spacial score (nSPS) is 5.56. The van der Waals surface area contributed by atoms with E-state index in [2.05, 4.69) is 0 Å². The predicted octanol–water partition coefficient (Wildman–Crippen LogP) is -2.37. The Bertz CT molecular complexity index is 133. The monoisotopic (exact) mass is 217 g/mol. The molecular weight excluding hydrogens is 212 g/mol. The predicted molar refractivity (Wildman–Crippen MR) is 9.84 cm³/mol. The van der Waals surface area contributed by atoms with Crippen molar-refractivity contribution in [2.75, 3.05) is 0 Å². The first kappa shape index (κ1) is 16.1. The fourth-order valence-electron chi connectivity index (χ4n) is 0. The van der Waals surface area contributed by atoms with Crippen LogP contribution in [0, 0.1) is 0 Å². The molecule has 0 amide bonds. The molecule has 0 radical (unpaired) electrons. The van der Waals surface area contributed by atoms with Gasteiger partial charge in [-0.3, -0.25) is 0 Å². The van der Waals surface area contributed by atoms with Crippen molar-refractivity contribution in [1.29, 1.82) is 0 Å². The molecule has 0 atom stereocenters. The fourth-order valence-corrected chi connectivity index (χ4v) is 0. The third-order valence-corrected chi connectivity index (χ3v) is 0. The van der Waals surface area contributed by atoms with Crippen molar-refractivity contribution < 1.29 is 55.0 Å². The van der Waals surface area contributed by atoms with Gasteiger partial charge in [0.1, 0.15) is 0 Å². The minimum absolute atomic E-state index is 0. The first-order valence-electron chi connectivity index (χ1n) is 1.10. The van der Waals surface area contributed by atoms with Gasteiger partial charge in [0.15, 0.2) is 0 Å². The van der Waals surface area contributed by atoms with Crippen LogP contribution in [0.2, 0.25) is 0 Å². The molecule has 0 unspecified atom stereocenters. The van der Waals surface area contributed by atoms with Crippen LogP contribution in [-0.2, 0) is 45.5 Å². The fraction of sp³-hybridized carbons (Fsp3) is 0. The van der Waals surface area contributed by atoms with Crippen LogP contribution in [0.15, 0.2) is 0 Å². The summed E-state index contributed by atoms with van der Waals surface area (Å²) in [5.41, 5.74) is 0. The Kier molecular flexibility index (Phi) is 19.9. The zero-order chi connectivity index (χ0) is 7.15. The Morgan fingerprint density at radius 3 is 0.889 bits per heavy atom. The first-order chi connectivity index (χ1) is 3.46. The molecule has 0 aromatic heterocycles. The molecule has 0 aliphatic rings. The Morgan fingerprint density at radius 1 is 0.889 bits per heavy atom. The van der Waals surface area contributed by atoms with Gasteiger partial charge in [0.2, 0.25) is 0 Å². The van der Waals surface area contributed by atoms with Gasteiger partial charge in [-0.1, -0.05) is 0 Å². The van der Waals surface area contributed by atoms with E-state index in [-0.39, 0.29) is 7.58 Å². The first-order valence-corrected chi connectivity index (χ1v) is 4.52. The summed E-state index contributed by atoms with van der Waals surface area (Å²) in [6.07, 6.45) is 0. The van der Waals surface area contributed by atoms with Crippen LogP contribution in [0.4, 0.5) is 0 Å². The van der Waals surface area contributed by atoms with E-state index in [1.54, 1.807) is 0 Å². The summed E-state index contributed by atoms with van der Waals surface area (Å²) in [4.78, 5) is 0. The molecule has 0 saturated carbocycles. The Hall–Kier alpha value is 0.249. The summed E-state index contributed by atoms with van der Waals surface area (Å²) >= 11 is -7.88. The van der Waals surface area contributed by atoms with Crippen LogP contribution in [-0.4, -0.2) is 0 Å². The molecule has 0 bridgehead atoms. The maximum atomic E-state index is 8.56. The molecule has 0 aromatic rings. The van der Waals surface area contributed by atoms with Crippen molar-refractivity contribution in [3.63, 3.8) is 0 Å². The topological polar surface area (TPSA) is 151 Å². The minimum atomic E-state index is -3.94. The Balaban J connectivity index is -0.0000000300. The SMILES string of the molecule is [H+].[NH4+].[O]=[V](=[O])[O-].[O]=[V](=[O])[O-]. The number of hydrogen-bond donors (Lipinski definition) is 1. The van der Waals surface area contributed by atoms with E-state index in [0.29, 0.717) is 0 Å². The molecule has 56 valence electrons. The summed E-state index contributed by atoms with van der Waals surface area (Å²) in [7, 11) is 0. The van der Waals surface area contributed by atoms with Crippen LogP contribution in [0.5, 0.6) is 0 Å². The summed E-state index contributed by atoms with van der Waals surface area (Å²) in [5, 5.41) is 0. The molecule has 7 nitrogen and oxygen atoms in total. The zero-order valence-electron chi connectivity index (χ0n) is 5.34. The average molecular weight is 217 g/mol. The molecule has 0 saturated heterocycles. The number of quaternary nitrogens is 1. The van der Waals surface area contributed by atoms with Crippen LogP contribution in [0.1, 0.15) is 1.43 Å². The van der Waals surface area contributed by atoms with Gasteiger partial charge >= 0.3 is 55.0 Å². The summed E-state index contributed by atoms with van der Waals surface area (Å²) in [5.74, 6) is 0. The van der Waals surface area contributed by atoms with Gasteiger partial charge < -0.3 is 6.15 Å². The molecule has 0 spiro atoms. The van der Waals surface area contributed by atoms with E-state index in [1.165, 1.54) is 0 Å². The van der Waals surface area contributed by atoms with Crippen LogP contribution < -0.4 is 14.2 Å². The van der Waals surface area contributed by atoms with Crippen molar-refractivity contribution in [3.05, 3.63) is 0 Å². The summed E-state index contributed by atoms with van der Waals surface area (Å²) in [6, 6.07) is 0. The van der Waals surface area contributed by atoms with Gasteiger partial charge in [0, 0.05) is 0 Å². The number of rotatable bonds is 0. The van der Waals surface area contributed by atoms with Crippen molar-refractivity contribution in [2.24, 2.45) is 0 Å². The van der Waals surface area contributed by atoms with Gasteiger partial charge in [-0.05, 0) is 0 Å². The molecule has 0 rings (SSSR count). The molecule has 9 heteroatoms. The van der Waals surface area contributed by atoms with Gasteiger partial charge in [0.25, 0.3) is 0 Å². The Labute approximate surface area is 61.5 Å². The van der Waals surface area contributed by atoms with Crippen molar-refractivity contribution >= 4 is 0 Å². The van der Waals surface area contributed by atoms with Crippen LogP contribution >= 0.6 is 0 Å². The molecule has 0 fully saturated rings. The molecule has 4 N–H and O–H groups in total. The summed E-state index contributed by atoms with van der Waals surface area (Å²) in [6.45, 7) is 0. The van der Waals surface area contributed by atoms with E-state index < -0.39 is 30.8 Å².